The molecule has 2 rings (SSSR count). The molecule has 1 aromatic heterocycles. The van der Waals surface area contributed by atoms with E-state index in [2.05, 4.69) is 15.6 Å². The van der Waals surface area contributed by atoms with Gasteiger partial charge in [-0.3, -0.25) is 9.59 Å². The lowest BCUT2D eigenvalue weighted by molar-refractivity contribution is -0.123. The minimum Gasteiger partial charge on any atom is -0.497 e. The molecule has 1 atom stereocenters. The summed E-state index contributed by atoms with van der Waals surface area (Å²) in [6, 6.07) is 6.20. The van der Waals surface area contributed by atoms with E-state index < -0.39 is 6.04 Å². The highest BCUT2D eigenvalue weighted by Crippen LogP contribution is 2.12. The molecule has 0 bridgehead atoms. The van der Waals surface area contributed by atoms with E-state index in [1.54, 1.807) is 43.9 Å². The Morgan fingerprint density at radius 3 is 2.54 bits per heavy atom. The molecule has 0 radical (unpaired) electrons. The molecule has 26 heavy (non-hydrogen) atoms. The van der Waals surface area contributed by atoms with Crippen LogP contribution in [0.4, 0.5) is 0 Å². The summed E-state index contributed by atoms with van der Waals surface area (Å²) in [5.74, 6) is 0.204. The molecule has 2 aromatic rings. The van der Waals surface area contributed by atoms with Crippen molar-refractivity contribution in [2.75, 3.05) is 13.7 Å². The van der Waals surface area contributed by atoms with Crippen molar-refractivity contribution in [3.63, 3.8) is 0 Å². The second-order valence-corrected chi connectivity index (χ2v) is 6.37. The first-order valence-corrected chi connectivity index (χ1v) is 8.69. The maximum absolute atomic E-state index is 12.4. The number of aromatic nitrogens is 2. The van der Waals surface area contributed by atoms with Crippen LogP contribution in [0.1, 0.15) is 30.6 Å². The number of nitrogens with one attached hydrogen (secondary N) is 2. The van der Waals surface area contributed by atoms with E-state index in [1.807, 2.05) is 24.6 Å². The van der Waals surface area contributed by atoms with Gasteiger partial charge in [-0.1, -0.05) is 13.8 Å². The Bertz CT molecular complexity index is 696. The van der Waals surface area contributed by atoms with Crippen molar-refractivity contribution in [3.05, 3.63) is 48.5 Å². The molecule has 7 heteroatoms. The number of hydrogen-bond acceptors (Lipinski definition) is 4. The summed E-state index contributed by atoms with van der Waals surface area (Å²) < 4.78 is 7.04. The normalized spacial score (nSPS) is 11.8. The molecular weight excluding hydrogens is 332 g/mol. The molecule has 7 nitrogen and oxygen atoms in total. The molecular formula is C19H26N4O3. The Labute approximate surface area is 153 Å². The molecule has 0 fully saturated rings. The zero-order chi connectivity index (χ0) is 18.9. The summed E-state index contributed by atoms with van der Waals surface area (Å²) in [7, 11) is 1.57. The third-order valence-corrected chi connectivity index (χ3v) is 4.04. The third-order valence-electron chi connectivity index (χ3n) is 4.04. The molecule has 0 saturated carbocycles. The molecule has 140 valence electrons. The maximum atomic E-state index is 12.4. The predicted octanol–water partition coefficient (Wildman–Crippen LogP) is 1.85. The zero-order valence-electron chi connectivity index (χ0n) is 15.4. The first-order chi connectivity index (χ1) is 12.5. The minimum absolute atomic E-state index is 0.0224. The highest BCUT2D eigenvalue weighted by molar-refractivity contribution is 5.97. The molecule has 1 aromatic carbocycles. The van der Waals surface area contributed by atoms with E-state index in [1.165, 1.54) is 0 Å². The number of rotatable bonds is 9. The van der Waals surface area contributed by atoms with E-state index in [4.69, 9.17) is 4.74 Å². The number of imidazole rings is 1. The first kappa shape index (κ1) is 19.5. The van der Waals surface area contributed by atoms with E-state index in [0.29, 0.717) is 17.9 Å². The van der Waals surface area contributed by atoms with Gasteiger partial charge >= 0.3 is 0 Å². The summed E-state index contributed by atoms with van der Waals surface area (Å²) in [5.41, 5.74) is 0.490. The maximum Gasteiger partial charge on any atom is 0.251 e. The lowest BCUT2D eigenvalue weighted by Gasteiger charge is -2.22. The van der Waals surface area contributed by atoms with Crippen molar-refractivity contribution in [2.45, 2.75) is 32.9 Å². The van der Waals surface area contributed by atoms with Crippen molar-refractivity contribution >= 4 is 11.8 Å². The van der Waals surface area contributed by atoms with Gasteiger partial charge in [0.2, 0.25) is 5.91 Å². The lowest BCUT2D eigenvalue weighted by atomic mass is 10.0. The van der Waals surface area contributed by atoms with Crippen molar-refractivity contribution in [3.8, 4) is 5.75 Å². The quantitative estimate of drug-likeness (QED) is 0.670. The van der Waals surface area contributed by atoms with Gasteiger partial charge in [-0.25, -0.2) is 4.98 Å². The molecule has 0 aliphatic rings. The molecule has 2 amide bonds. The van der Waals surface area contributed by atoms with Crippen molar-refractivity contribution in [1.29, 1.82) is 0 Å². The fourth-order valence-electron chi connectivity index (χ4n) is 2.50. The molecule has 1 unspecified atom stereocenters. The Hall–Kier alpha value is -2.83. The molecule has 0 spiro atoms. The second kappa shape index (κ2) is 9.60. The lowest BCUT2D eigenvalue weighted by Crippen LogP contribution is -2.49. The first-order valence-electron chi connectivity index (χ1n) is 8.69. The van der Waals surface area contributed by atoms with Crippen molar-refractivity contribution in [2.24, 2.45) is 5.92 Å². The van der Waals surface area contributed by atoms with Crippen LogP contribution in [-0.2, 0) is 11.3 Å². The van der Waals surface area contributed by atoms with Crippen LogP contribution < -0.4 is 15.4 Å². The van der Waals surface area contributed by atoms with Gasteiger partial charge in [0.15, 0.2) is 0 Å². The van der Waals surface area contributed by atoms with Gasteiger partial charge in [-0.05, 0) is 36.6 Å². The van der Waals surface area contributed by atoms with E-state index >= 15 is 0 Å². The number of ether oxygens (including phenoxy) is 1. The average Bonchev–Trinajstić information content (AvgIpc) is 3.16. The molecule has 0 aliphatic carbocycles. The SMILES string of the molecule is COc1ccc(C(=O)NC(C(=O)NCCCn2ccnc2)C(C)C)cc1. The van der Waals surface area contributed by atoms with Crippen molar-refractivity contribution in [1.82, 2.24) is 20.2 Å². The Balaban J connectivity index is 1.85. The number of benzene rings is 1. The highest BCUT2D eigenvalue weighted by Gasteiger charge is 2.24. The summed E-state index contributed by atoms with van der Waals surface area (Å²) in [6.45, 7) is 5.14. The van der Waals surface area contributed by atoms with Crippen LogP contribution in [0.25, 0.3) is 0 Å². The van der Waals surface area contributed by atoms with Crippen LogP contribution in [-0.4, -0.2) is 41.1 Å². The van der Waals surface area contributed by atoms with Crippen LogP contribution in [0, 0.1) is 5.92 Å². The number of hydrogen-bond donors (Lipinski definition) is 2. The summed E-state index contributed by atoms with van der Waals surface area (Å²) in [4.78, 5) is 28.8. The van der Waals surface area contributed by atoms with Gasteiger partial charge in [-0.2, -0.15) is 0 Å². The standard InChI is InChI=1S/C19H26N4O3/c1-14(2)17(19(25)21-9-4-11-23-12-10-20-13-23)22-18(24)15-5-7-16(26-3)8-6-15/h5-8,10,12-14,17H,4,9,11H2,1-3H3,(H,21,25)(H,22,24). The smallest absolute Gasteiger partial charge is 0.251 e. The van der Waals surface area contributed by atoms with Crippen molar-refractivity contribution < 1.29 is 14.3 Å². The van der Waals surface area contributed by atoms with Crippen LogP contribution in [0.15, 0.2) is 43.0 Å². The monoisotopic (exact) mass is 358 g/mol. The highest BCUT2D eigenvalue weighted by atomic mass is 16.5. The van der Waals surface area contributed by atoms with E-state index in [9.17, 15) is 9.59 Å². The molecule has 0 aliphatic heterocycles. The Morgan fingerprint density at radius 1 is 1.23 bits per heavy atom. The Kier molecular flexibility index (Phi) is 7.20. The van der Waals surface area contributed by atoms with Crippen LogP contribution >= 0.6 is 0 Å². The molecule has 1 heterocycles. The number of amides is 2. The van der Waals surface area contributed by atoms with Gasteiger partial charge in [0.25, 0.3) is 5.91 Å². The van der Waals surface area contributed by atoms with Gasteiger partial charge in [0.1, 0.15) is 11.8 Å². The van der Waals surface area contributed by atoms with Crippen LogP contribution in [0.2, 0.25) is 0 Å². The predicted molar refractivity (Wildman–Crippen MR) is 98.9 cm³/mol. The average molecular weight is 358 g/mol. The topological polar surface area (TPSA) is 85.2 Å². The number of carbonyl (C=O) groups is 2. The van der Waals surface area contributed by atoms with Gasteiger partial charge in [-0.15, -0.1) is 0 Å². The van der Waals surface area contributed by atoms with Crippen LogP contribution in [0.5, 0.6) is 5.75 Å². The Morgan fingerprint density at radius 2 is 1.96 bits per heavy atom. The van der Waals surface area contributed by atoms with Gasteiger partial charge in [0, 0.05) is 31.0 Å². The van der Waals surface area contributed by atoms with Crippen LogP contribution in [0.3, 0.4) is 0 Å². The number of carbonyl (C=O) groups excluding carboxylic acids is 2. The van der Waals surface area contributed by atoms with Gasteiger partial charge in [0.05, 0.1) is 13.4 Å². The van der Waals surface area contributed by atoms with E-state index in [0.717, 1.165) is 13.0 Å². The summed E-state index contributed by atoms with van der Waals surface area (Å²) in [6.07, 6.45) is 6.14. The summed E-state index contributed by atoms with van der Waals surface area (Å²) >= 11 is 0. The second-order valence-electron chi connectivity index (χ2n) is 6.37. The number of aryl methyl sites for hydroxylation is 1. The fourth-order valence-corrected chi connectivity index (χ4v) is 2.50. The fraction of sp³-hybridized carbons (Fsp3) is 0.421. The molecule has 0 saturated heterocycles. The van der Waals surface area contributed by atoms with E-state index in [-0.39, 0.29) is 17.7 Å². The summed E-state index contributed by atoms with van der Waals surface area (Å²) in [5, 5.41) is 5.71. The largest absolute Gasteiger partial charge is 0.497 e. The zero-order valence-corrected chi connectivity index (χ0v) is 15.4. The third kappa shape index (κ3) is 5.61. The number of methoxy groups -OCH3 is 1. The minimum atomic E-state index is -0.585. The molecule has 2 N–H and O–H groups in total. The van der Waals surface area contributed by atoms with Gasteiger partial charge < -0.3 is 19.9 Å². The number of nitrogens with zero attached hydrogens (tertiary/aromatic N) is 2.